The molecule has 0 radical (unpaired) electrons. The minimum absolute atomic E-state index is 0.103. The molecule has 7 nitrogen and oxygen atoms in total. The van der Waals surface area contributed by atoms with Gasteiger partial charge < -0.3 is 19.4 Å². The average molecular weight is 415 g/mol. The van der Waals surface area contributed by atoms with Gasteiger partial charge in [0.05, 0.1) is 24.6 Å². The number of nitrogens with zero attached hydrogens (tertiary/aromatic N) is 4. The van der Waals surface area contributed by atoms with Crippen LogP contribution in [-0.2, 0) is 9.63 Å². The number of piperazine rings is 1. The second-order valence-corrected chi connectivity index (χ2v) is 8.47. The minimum atomic E-state index is 0.103. The van der Waals surface area contributed by atoms with E-state index < -0.39 is 0 Å². The standard InChI is InChI=1S/C23H34N4O3/c1-2-15-29-22-8-4-3-7-21(22)26-13-11-25(12-14-26)18-20-16-19(24-30-20)17-27-10-6-5-9-23(27)28/h3-4,7-8,20H,2,5-6,9-18H2,1H3. The summed E-state index contributed by atoms with van der Waals surface area (Å²) >= 11 is 0. The van der Waals surface area contributed by atoms with Crippen LogP contribution in [0.5, 0.6) is 5.75 Å². The van der Waals surface area contributed by atoms with Gasteiger partial charge in [0.1, 0.15) is 11.9 Å². The van der Waals surface area contributed by atoms with Gasteiger partial charge in [0.15, 0.2) is 0 Å². The number of amides is 1. The maximum Gasteiger partial charge on any atom is 0.222 e. The molecule has 0 bridgehead atoms. The van der Waals surface area contributed by atoms with Crippen LogP contribution in [0.4, 0.5) is 5.69 Å². The molecule has 4 rings (SSSR count). The highest BCUT2D eigenvalue weighted by molar-refractivity contribution is 5.91. The lowest BCUT2D eigenvalue weighted by Crippen LogP contribution is -2.48. The Bertz CT molecular complexity index is 746. The number of likely N-dealkylation sites (tertiary alicyclic amines) is 1. The van der Waals surface area contributed by atoms with E-state index in [-0.39, 0.29) is 12.0 Å². The normalized spacial score (nSPS) is 22.8. The Hall–Kier alpha value is -2.28. The van der Waals surface area contributed by atoms with Gasteiger partial charge in [-0.2, -0.15) is 0 Å². The molecule has 0 saturated carbocycles. The number of ether oxygens (including phenoxy) is 1. The highest BCUT2D eigenvalue weighted by Gasteiger charge is 2.28. The summed E-state index contributed by atoms with van der Waals surface area (Å²) in [4.78, 5) is 24.5. The minimum Gasteiger partial charge on any atom is -0.491 e. The van der Waals surface area contributed by atoms with E-state index in [1.807, 2.05) is 11.0 Å². The molecule has 3 heterocycles. The molecular formula is C23H34N4O3. The van der Waals surface area contributed by atoms with Crippen LogP contribution >= 0.6 is 0 Å². The molecule has 1 unspecified atom stereocenters. The molecule has 1 aromatic rings. The fourth-order valence-electron chi connectivity index (χ4n) is 4.44. The van der Waals surface area contributed by atoms with Gasteiger partial charge in [-0.05, 0) is 31.4 Å². The molecule has 1 atom stereocenters. The topological polar surface area (TPSA) is 57.6 Å². The summed E-state index contributed by atoms with van der Waals surface area (Å²) in [5.41, 5.74) is 2.20. The summed E-state index contributed by atoms with van der Waals surface area (Å²) in [6, 6.07) is 8.34. The molecule has 0 spiro atoms. The average Bonchev–Trinajstić information content (AvgIpc) is 3.21. The van der Waals surface area contributed by atoms with Crippen LogP contribution in [0.3, 0.4) is 0 Å². The van der Waals surface area contributed by atoms with E-state index in [9.17, 15) is 4.79 Å². The molecule has 164 valence electrons. The monoisotopic (exact) mass is 414 g/mol. The van der Waals surface area contributed by atoms with Crippen molar-refractivity contribution in [3.8, 4) is 5.75 Å². The van der Waals surface area contributed by atoms with Crippen molar-refractivity contribution >= 4 is 17.3 Å². The number of anilines is 1. The van der Waals surface area contributed by atoms with Crippen LogP contribution in [-0.4, -0.2) is 79.9 Å². The maximum atomic E-state index is 12.0. The first-order valence-corrected chi connectivity index (χ1v) is 11.4. The van der Waals surface area contributed by atoms with E-state index in [0.717, 1.165) is 83.0 Å². The maximum absolute atomic E-state index is 12.0. The molecule has 30 heavy (non-hydrogen) atoms. The summed E-state index contributed by atoms with van der Waals surface area (Å²) < 4.78 is 5.94. The van der Waals surface area contributed by atoms with Gasteiger partial charge in [-0.25, -0.2) is 0 Å². The van der Waals surface area contributed by atoms with Crippen molar-refractivity contribution in [2.45, 2.75) is 45.1 Å². The van der Waals surface area contributed by atoms with E-state index in [0.29, 0.717) is 13.0 Å². The van der Waals surface area contributed by atoms with Gasteiger partial charge in [-0.15, -0.1) is 0 Å². The van der Waals surface area contributed by atoms with Crippen molar-refractivity contribution in [1.82, 2.24) is 9.80 Å². The quantitative estimate of drug-likeness (QED) is 0.655. The lowest BCUT2D eigenvalue weighted by Gasteiger charge is -2.37. The SMILES string of the molecule is CCCOc1ccccc1N1CCN(CC2CC(CN3CCCCC3=O)=NO2)CC1. The fourth-order valence-corrected chi connectivity index (χ4v) is 4.44. The Labute approximate surface area is 179 Å². The second kappa shape index (κ2) is 10.2. The van der Waals surface area contributed by atoms with Crippen molar-refractivity contribution in [3.05, 3.63) is 24.3 Å². The molecule has 1 amide bonds. The summed E-state index contributed by atoms with van der Waals surface area (Å²) in [5.74, 6) is 1.24. The van der Waals surface area contributed by atoms with Crippen molar-refractivity contribution in [2.24, 2.45) is 5.16 Å². The van der Waals surface area contributed by atoms with Gasteiger partial charge in [0.25, 0.3) is 0 Å². The van der Waals surface area contributed by atoms with Crippen LogP contribution in [0.25, 0.3) is 0 Å². The Morgan fingerprint density at radius 2 is 1.97 bits per heavy atom. The number of carbonyl (C=O) groups is 1. The van der Waals surface area contributed by atoms with Crippen LogP contribution < -0.4 is 9.64 Å². The predicted octanol–water partition coefficient (Wildman–Crippen LogP) is 2.75. The van der Waals surface area contributed by atoms with Gasteiger partial charge in [0, 0.05) is 52.1 Å². The van der Waals surface area contributed by atoms with Gasteiger partial charge in [0.2, 0.25) is 5.91 Å². The van der Waals surface area contributed by atoms with E-state index in [4.69, 9.17) is 9.57 Å². The fraction of sp³-hybridized carbons (Fsp3) is 0.652. The molecule has 2 saturated heterocycles. The highest BCUT2D eigenvalue weighted by atomic mass is 16.6. The zero-order valence-electron chi connectivity index (χ0n) is 18.1. The number of rotatable bonds is 8. The Morgan fingerprint density at radius 1 is 1.13 bits per heavy atom. The van der Waals surface area contributed by atoms with Crippen molar-refractivity contribution in [2.75, 3.05) is 57.3 Å². The molecule has 0 aromatic heterocycles. The number of hydrogen-bond donors (Lipinski definition) is 0. The predicted molar refractivity (Wildman–Crippen MR) is 118 cm³/mol. The van der Waals surface area contributed by atoms with E-state index >= 15 is 0 Å². The third-order valence-electron chi connectivity index (χ3n) is 6.09. The molecule has 0 N–H and O–H groups in total. The number of carbonyl (C=O) groups excluding carboxylic acids is 1. The first-order valence-electron chi connectivity index (χ1n) is 11.4. The summed E-state index contributed by atoms with van der Waals surface area (Å²) in [7, 11) is 0. The second-order valence-electron chi connectivity index (χ2n) is 8.47. The van der Waals surface area contributed by atoms with Gasteiger partial charge in [-0.3, -0.25) is 9.69 Å². The lowest BCUT2D eigenvalue weighted by molar-refractivity contribution is -0.132. The number of oxime groups is 1. The van der Waals surface area contributed by atoms with Crippen molar-refractivity contribution in [3.63, 3.8) is 0 Å². The smallest absolute Gasteiger partial charge is 0.222 e. The molecular weight excluding hydrogens is 380 g/mol. The molecule has 3 aliphatic rings. The Morgan fingerprint density at radius 3 is 2.77 bits per heavy atom. The molecule has 3 aliphatic heterocycles. The van der Waals surface area contributed by atoms with Crippen LogP contribution in [0.15, 0.2) is 29.4 Å². The van der Waals surface area contributed by atoms with Crippen LogP contribution in [0, 0.1) is 0 Å². The zero-order chi connectivity index (χ0) is 20.8. The van der Waals surface area contributed by atoms with Crippen LogP contribution in [0.1, 0.15) is 39.0 Å². The Kier molecular flexibility index (Phi) is 7.10. The summed E-state index contributed by atoms with van der Waals surface area (Å²) in [6.07, 6.45) is 4.74. The lowest BCUT2D eigenvalue weighted by atomic mass is 10.1. The summed E-state index contributed by atoms with van der Waals surface area (Å²) in [6.45, 7) is 9.23. The molecule has 1 aromatic carbocycles. The zero-order valence-corrected chi connectivity index (χ0v) is 18.1. The number of hydrogen-bond acceptors (Lipinski definition) is 6. The third kappa shape index (κ3) is 5.25. The molecule has 2 fully saturated rings. The van der Waals surface area contributed by atoms with Crippen molar-refractivity contribution < 1.29 is 14.4 Å². The van der Waals surface area contributed by atoms with Crippen LogP contribution in [0.2, 0.25) is 0 Å². The van der Waals surface area contributed by atoms with Crippen molar-refractivity contribution in [1.29, 1.82) is 0 Å². The molecule has 7 heteroatoms. The third-order valence-corrected chi connectivity index (χ3v) is 6.09. The van der Waals surface area contributed by atoms with E-state index in [2.05, 4.69) is 40.1 Å². The highest BCUT2D eigenvalue weighted by Crippen LogP contribution is 2.29. The molecule has 0 aliphatic carbocycles. The van der Waals surface area contributed by atoms with E-state index in [1.165, 1.54) is 5.69 Å². The largest absolute Gasteiger partial charge is 0.491 e. The number of piperidine rings is 1. The first kappa shape index (κ1) is 21.0. The van der Waals surface area contributed by atoms with Gasteiger partial charge >= 0.3 is 0 Å². The number of para-hydroxylation sites is 2. The Balaban J connectivity index is 1.22. The van der Waals surface area contributed by atoms with E-state index in [1.54, 1.807) is 0 Å². The van der Waals surface area contributed by atoms with Gasteiger partial charge in [-0.1, -0.05) is 24.2 Å². The number of benzene rings is 1. The first-order chi connectivity index (χ1) is 14.7. The summed E-state index contributed by atoms with van der Waals surface area (Å²) in [5, 5.41) is 4.28.